The van der Waals surface area contributed by atoms with E-state index >= 15 is 0 Å². The minimum atomic E-state index is -2.41. The first-order chi connectivity index (χ1) is 35.7. The lowest BCUT2D eigenvalue weighted by molar-refractivity contribution is -0.149. The van der Waals surface area contributed by atoms with Crippen LogP contribution in [0.4, 0.5) is 0 Å². The molecule has 0 aromatic heterocycles. The third-order valence-electron chi connectivity index (χ3n) is 14.4. The molecule has 1 aromatic carbocycles. The van der Waals surface area contributed by atoms with Gasteiger partial charge in [-0.1, -0.05) is 77.8 Å². The van der Waals surface area contributed by atoms with Crippen LogP contribution in [-0.2, 0) is 38.4 Å². The summed E-state index contributed by atoms with van der Waals surface area (Å²) in [5.74, 6) is -9.18. The van der Waals surface area contributed by atoms with Crippen molar-refractivity contribution in [3.63, 3.8) is 0 Å². The van der Waals surface area contributed by atoms with E-state index in [1.165, 1.54) is 6.42 Å². The number of amides is 8. The number of primary amides is 1. The number of carbonyl (C=O) groups is 8. The van der Waals surface area contributed by atoms with Crippen molar-refractivity contribution in [1.29, 1.82) is 0 Å². The number of phenols is 1. The average molecular weight is 1080 g/mol. The van der Waals surface area contributed by atoms with Crippen LogP contribution in [0.1, 0.15) is 123 Å². The third-order valence-corrected chi connectivity index (χ3v) is 14.4. The van der Waals surface area contributed by atoms with E-state index in [1.807, 2.05) is 5.32 Å². The number of unbranched alkanes of at least 4 members (excludes halogenated alkanes) is 5. The number of rotatable bonds is 20. The monoisotopic (exact) mass is 1080 g/mol. The molecule has 4 rings (SSSR count). The summed E-state index contributed by atoms with van der Waals surface area (Å²) in [7, 11) is 0. The SMILES string of the molecule is CCC(C)CC(C)CCCCCCCCC(=O)N[C@H]1C[C@@H](O)[C@@H](O)NC(=O)[C@@H]2[C@@H](O)[C@@H](O)CN2C(=O)[C@H]([C@H](O)CC(N)=O)NC(=O)[C@H]([C@H](O)[C@@H](O)c2ccc(O)cc2)NC(=O)[C@@H]2C[C@@H](O)CN2C(=O)[C@H]([C@@H](C)O)NC1=O. The number of phenolic OH excluding ortho intramolecular Hbond substituents is 1. The molecule has 1 aromatic rings. The predicted molar refractivity (Wildman–Crippen MR) is 267 cm³/mol. The molecule has 3 fully saturated rings. The molecule has 3 heterocycles. The van der Waals surface area contributed by atoms with Crippen molar-refractivity contribution in [2.24, 2.45) is 17.6 Å². The van der Waals surface area contributed by atoms with Crippen LogP contribution in [0, 0.1) is 11.8 Å². The molecule has 26 heteroatoms. The molecule has 8 amide bonds. The molecule has 3 aliphatic rings. The highest BCUT2D eigenvalue weighted by Gasteiger charge is 2.51. The Morgan fingerprint density at radius 1 is 0.697 bits per heavy atom. The minimum absolute atomic E-state index is 0.105. The molecule has 17 N–H and O–H groups in total. The molecule has 76 heavy (non-hydrogen) atoms. The molecule has 0 spiro atoms. The molecule has 0 saturated carbocycles. The third kappa shape index (κ3) is 17.5. The number of fused-ring (bicyclic) bond motifs is 2. The van der Waals surface area contributed by atoms with Gasteiger partial charge in [0, 0.05) is 25.8 Å². The summed E-state index contributed by atoms with van der Waals surface area (Å²) >= 11 is 0. The number of hydrogen-bond donors (Lipinski definition) is 16. The second kappa shape index (κ2) is 29.2. The Morgan fingerprint density at radius 2 is 1.29 bits per heavy atom. The van der Waals surface area contributed by atoms with Gasteiger partial charge in [0.2, 0.25) is 47.3 Å². The lowest BCUT2D eigenvalue weighted by Crippen LogP contribution is -2.64. The van der Waals surface area contributed by atoms with E-state index in [0.717, 1.165) is 74.6 Å². The van der Waals surface area contributed by atoms with Gasteiger partial charge >= 0.3 is 0 Å². The van der Waals surface area contributed by atoms with Crippen molar-refractivity contribution >= 4 is 47.3 Å². The maximum Gasteiger partial charge on any atom is 0.248 e. The number of hydrogen-bond acceptors (Lipinski definition) is 18. The maximum atomic E-state index is 14.4. The van der Waals surface area contributed by atoms with E-state index in [1.54, 1.807) is 0 Å². The molecular weight excluding hydrogens is 1000 g/mol. The number of aromatic hydroxyl groups is 1. The van der Waals surface area contributed by atoms with Gasteiger partial charge in [-0.3, -0.25) is 38.4 Å². The number of nitrogens with one attached hydrogen (secondary N) is 5. The first-order valence-electron chi connectivity index (χ1n) is 26.1. The summed E-state index contributed by atoms with van der Waals surface area (Å²) in [5.41, 5.74) is 5.16. The predicted octanol–water partition coefficient (Wildman–Crippen LogP) is -4.37. The summed E-state index contributed by atoms with van der Waals surface area (Å²) in [6.07, 6.45) is -12.9. The zero-order valence-corrected chi connectivity index (χ0v) is 43.4. The van der Waals surface area contributed by atoms with E-state index < -0.39 is 171 Å². The van der Waals surface area contributed by atoms with Gasteiger partial charge in [0.25, 0.3) is 0 Å². The number of nitrogens with zero attached hydrogens (tertiary/aromatic N) is 2. The van der Waals surface area contributed by atoms with Crippen LogP contribution < -0.4 is 32.3 Å². The van der Waals surface area contributed by atoms with Crippen LogP contribution in [0.2, 0.25) is 0 Å². The highest BCUT2D eigenvalue weighted by molar-refractivity contribution is 5.98. The molecule has 3 saturated heterocycles. The number of benzene rings is 1. The summed E-state index contributed by atoms with van der Waals surface area (Å²) in [6.45, 7) is 6.24. The van der Waals surface area contributed by atoms with E-state index in [-0.39, 0.29) is 17.7 Å². The fraction of sp³-hybridized carbons (Fsp3) is 0.720. The van der Waals surface area contributed by atoms with Crippen LogP contribution in [0.25, 0.3) is 0 Å². The van der Waals surface area contributed by atoms with Gasteiger partial charge in [-0.15, -0.1) is 0 Å². The van der Waals surface area contributed by atoms with Crippen molar-refractivity contribution in [3.8, 4) is 5.75 Å². The molecule has 2 unspecified atom stereocenters. The number of carbonyl (C=O) groups excluding carboxylic acids is 8. The number of aliphatic hydroxyl groups is 9. The second-order valence-corrected chi connectivity index (χ2v) is 20.7. The van der Waals surface area contributed by atoms with Crippen molar-refractivity contribution in [3.05, 3.63) is 29.8 Å². The first kappa shape index (κ1) is 63.0. The summed E-state index contributed by atoms with van der Waals surface area (Å²) in [5, 5.41) is 121. The molecule has 0 bridgehead atoms. The molecular formula is C50H80N8O18. The van der Waals surface area contributed by atoms with Crippen LogP contribution >= 0.6 is 0 Å². The number of aliphatic hydroxyl groups excluding tert-OH is 9. The summed E-state index contributed by atoms with van der Waals surface area (Å²) < 4.78 is 0. The van der Waals surface area contributed by atoms with Gasteiger partial charge in [0.15, 0.2) is 6.23 Å². The molecule has 3 aliphatic heterocycles. The Morgan fingerprint density at radius 3 is 1.91 bits per heavy atom. The van der Waals surface area contributed by atoms with Crippen LogP contribution in [0.3, 0.4) is 0 Å². The standard InChI is InChI=1S/C50H80N8O18/c1-5-24(2)18-25(3)12-10-8-6-7-9-11-13-36(66)52-30-20-33(63)46(72)56-48(74)40-42(68)34(64)23-58(40)50(76)38(32(62)21-35(51)65)54-47(73)39(43(69)41(67)27-14-16-28(60)17-15-27)55-45(71)31-19-29(61)22-57(31)49(75)37(26(4)59)53-44(30)70/h14-17,24-26,29-34,37-43,46,59-64,67-69,72H,5-13,18-23H2,1-4H3,(H2,51,65)(H,52,66)(H,53,70)(H,54,73)(H,55,71)(H,56,74)/t24?,25?,26-,29-,30+,31+,32-,33-,34+,37+,38+,39+,40+,41+,42+,43+,46-/m1/s1. The lowest BCUT2D eigenvalue weighted by atomic mass is 9.91. The largest absolute Gasteiger partial charge is 0.508 e. The van der Waals surface area contributed by atoms with E-state index in [4.69, 9.17) is 5.73 Å². The maximum absolute atomic E-state index is 14.4. The van der Waals surface area contributed by atoms with E-state index in [2.05, 4.69) is 42.0 Å². The molecule has 0 aliphatic carbocycles. The molecule has 0 radical (unpaired) electrons. The Labute approximate surface area is 440 Å². The average Bonchev–Trinajstić information content (AvgIpc) is 3.90. The Bertz CT molecular complexity index is 2140. The van der Waals surface area contributed by atoms with Crippen molar-refractivity contribution in [2.75, 3.05) is 13.1 Å². The molecule has 26 nitrogen and oxygen atoms in total. The van der Waals surface area contributed by atoms with Gasteiger partial charge in [0.1, 0.15) is 66.4 Å². The quantitative estimate of drug-likeness (QED) is 0.0549. The highest BCUT2D eigenvalue weighted by atomic mass is 16.4. The van der Waals surface area contributed by atoms with Gasteiger partial charge in [0.05, 0.1) is 37.4 Å². The van der Waals surface area contributed by atoms with Crippen LogP contribution in [0.15, 0.2) is 24.3 Å². The fourth-order valence-corrected chi connectivity index (χ4v) is 9.80. The Hall–Kier alpha value is -5.58. The van der Waals surface area contributed by atoms with Gasteiger partial charge < -0.3 is 93.2 Å². The Kier molecular flexibility index (Phi) is 24.2. The van der Waals surface area contributed by atoms with E-state index in [9.17, 15) is 89.4 Å². The first-order valence-corrected chi connectivity index (χ1v) is 26.1. The summed E-state index contributed by atoms with van der Waals surface area (Å²) in [4.78, 5) is 112. The van der Waals surface area contributed by atoms with Crippen LogP contribution in [0.5, 0.6) is 5.75 Å². The normalized spacial score (nSPS) is 29.8. The molecule has 17 atom stereocenters. The van der Waals surface area contributed by atoms with Crippen LogP contribution in [-0.4, -0.2) is 206 Å². The lowest BCUT2D eigenvalue weighted by Gasteiger charge is -2.34. The van der Waals surface area contributed by atoms with Crippen molar-refractivity contribution in [2.45, 2.75) is 202 Å². The zero-order valence-electron chi connectivity index (χ0n) is 43.4. The second-order valence-electron chi connectivity index (χ2n) is 20.7. The van der Waals surface area contributed by atoms with E-state index in [0.29, 0.717) is 29.6 Å². The summed E-state index contributed by atoms with van der Waals surface area (Å²) in [6, 6.07) is -8.01. The number of nitrogens with two attached hydrogens (primary N) is 1. The fourth-order valence-electron chi connectivity index (χ4n) is 9.80. The van der Waals surface area contributed by atoms with Gasteiger partial charge in [-0.05, 0) is 49.3 Å². The molecule has 428 valence electrons. The Balaban J connectivity index is 1.71. The smallest absolute Gasteiger partial charge is 0.248 e. The van der Waals surface area contributed by atoms with Gasteiger partial charge in [-0.2, -0.15) is 0 Å². The topological polar surface area (TPSA) is 432 Å². The minimum Gasteiger partial charge on any atom is -0.508 e. The van der Waals surface area contributed by atoms with Crippen molar-refractivity contribution < 1.29 is 89.4 Å². The highest BCUT2D eigenvalue weighted by Crippen LogP contribution is 2.27. The van der Waals surface area contributed by atoms with Crippen molar-refractivity contribution in [1.82, 2.24) is 36.4 Å². The zero-order chi connectivity index (χ0) is 56.7. The van der Waals surface area contributed by atoms with Gasteiger partial charge in [-0.25, -0.2) is 0 Å².